The van der Waals surface area contributed by atoms with Crippen LogP contribution in [0, 0.1) is 0 Å². The highest BCUT2D eigenvalue weighted by molar-refractivity contribution is 6.23. The predicted octanol–water partition coefficient (Wildman–Crippen LogP) is 1.23. The van der Waals surface area contributed by atoms with Gasteiger partial charge >= 0.3 is 5.97 Å². The lowest BCUT2D eigenvalue weighted by Crippen LogP contribution is -2.11. The van der Waals surface area contributed by atoms with Crippen molar-refractivity contribution in [1.82, 2.24) is 0 Å². The SMILES string of the molecule is CCC(C)=C1C(=O)OC(C)C1=O. The van der Waals surface area contributed by atoms with Crippen LogP contribution in [-0.4, -0.2) is 17.9 Å². The average molecular weight is 168 g/mol. The molecule has 1 fully saturated rings. The third-order valence-electron chi connectivity index (χ3n) is 2.06. The second kappa shape index (κ2) is 3.09. The van der Waals surface area contributed by atoms with Crippen LogP contribution in [0.5, 0.6) is 0 Å². The standard InChI is InChI=1S/C9H12O3/c1-4-5(2)7-8(10)6(3)12-9(7)11/h6H,4H2,1-3H3. The lowest BCUT2D eigenvalue weighted by molar-refractivity contribution is -0.139. The van der Waals surface area contributed by atoms with Gasteiger partial charge in [-0.15, -0.1) is 0 Å². The molecular formula is C9H12O3. The molecule has 3 heteroatoms. The summed E-state index contributed by atoms with van der Waals surface area (Å²) in [5.41, 5.74) is 1.07. The lowest BCUT2D eigenvalue weighted by atomic mass is 10.0. The first-order chi connectivity index (χ1) is 5.57. The van der Waals surface area contributed by atoms with Crippen LogP contribution in [0.2, 0.25) is 0 Å². The van der Waals surface area contributed by atoms with Gasteiger partial charge in [0.1, 0.15) is 5.57 Å². The number of esters is 1. The molecule has 66 valence electrons. The summed E-state index contributed by atoms with van der Waals surface area (Å²) in [7, 11) is 0. The summed E-state index contributed by atoms with van der Waals surface area (Å²) in [6, 6.07) is 0. The molecule has 0 saturated carbocycles. The van der Waals surface area contributed by atoms with Gasteiger partial charge in [0.05, 0.1) is 0 Å². The minimum Gasteiger partial charge on any atom is -0.451 e. The zero-order chi connectivity index (χ0) is 9.30. The maximum Gasteiger partial charge on any atom is 0.342 e. The quantitative estimate of drug-likeness (QED) is 0.336. The molecule has 0 aromatic rings. The molecule has 12 heavy (non-hydrogen) atoms. The number of carbonyl (C=O) groups is 2. The van der Waals surface area contributed by atoms with Crippen molar-refractivity contribution in [3.05, 3.63) is 11.1 Å². The fourth-order valence-electron chi connectivity index (χ4n) is 1.14. The van der Waals surface area contributed by atoms with E-state index < -0.39 is 12.1 Å². The summed E-state index contributed by atoms with van der Waals surface area (Å²) in [5, 5.41) is 0. The van der Waals surface area contributed by atoms with Crippen LogP contribution in [0.25, 0.3) is 0 Å². The van der Waals surface area contributed by atoms with E-state index >= 15 is 0 Å². The van der Waals surface area contributed by atoms with Gasteiger partial charge in [-0.2, -0.15) is 0 Å². The Morgan fingerprint density at radius 2 is 2.08 bits per heavy atom. The van der Waals surface area contributed by atoms with Gasteiger partial charge in [-0.25, -0.2) is 4.79 Å². The molecule has 0 radical (unpaired) electrons. The molecule has 0 spiro atoms. The van der Waals surface area contributed by atoms with E-state index in [4.69, 9.17) is 4.74 Å². The Hall–Kier alpha value is -1.12. The molecule has 1 aliphatic heterocycles. The molecule has 1 unspecified atom stereocenters. The van der Waals surface area contributed by atoms with Crippen molar-refractivity contribution in [2.45, 2.75) is 33.3 Å². The molecule has 0 N–H and O–H groups in total. The monoisotopic (exact) mass is 168 g/mol. The van der Waals surface area contributed by atoms with Gasteiger partial charge in [0.15, 0.2) is 6.10 Å². The molecule has 3 nitrogen and oxygen atoms in total. The van der Waals surface area contributed by atoms with Crippen LogP contribution in [0.15, 0.2) is 11.1 Å². The van der Waals surface area contributed by atoms with Crippen molar-refractivity contribution < 1.29 is 14.3 Å². The summed E-state index contributed by atoms with van der Waals surface area (Å²) < 4.78 is 4.76. The van der Waals surface area contributed by atoms with Gasteiger partial charge in [0.25, 0.3) is 0 Å². The van der Waals surface area contributed by atoms with Gasteiger partial charge in [0, 0.05) is 0 Å². The first-order valence-electron chi connectivity index (χ1n) is 4.02. The average Bonchev–Trinajstić information content (AvgIpc) is 2.26. The van der Waals surface area contributed by atoms with Crippen molar-refractivity contribution >= 4 is 11.8 Å². The van der Waals surface area contributed by atoms with Gasteiger partial charge < -0.3 is 4.74 Å². The van der Waals surface area contributed by atoms with Crippen LogP contribution in [0.4, 0.5) is 0 Å². The second-order valence-electron chi connectivity index (χ2n) is 2.92. The number of ether oxygens (including phenoxy) is 1. The molecule has 0 amide bonds. The van der Waals surface area contributed by atoms with Crippen LogP contribution in [0.1, 0.15) is 27.2 Å². The Balaban J connectivity index is 3.06. The van der Waals surface area contributed by atoms with Crippen LogP contribution in [0.3, 0.4) is 0 Å². The molecule has 0 aromatic carbocycles. The summed E-state index contributed by atoms with van der Waals surface area (Å²) in [4.78, 5) is 22.4. The Morgan fingerprint density at radius 3 is 2.42 bits per heavy atom. The van der Waals surface area contributed by atoms with Crippen molar-refractivity contribution in [3.63, 3.8) is 0 Å². The van der Waals surface area contributed by atoms with Crippen LogP contribution >= 0.6 is 0 Å². The van der Waals surface area contributed by atoms with E-state index in [-0.39, 0.29) is 11.4 Å². The van der Waals surface area contributed by atoms with E-state index in [2.05, 4.69) is 0 Å². The minimum atomic E-state index is -0.589. The summed E-state index contributed by atoms with van der Waals surface area (Å²) >= 11 is 0. The number of Topliss-reactive ketones (excluding diaryl/α,β-unsaturated/α-hetero) is 1. The Bertz CT molecular complexity index is 263. The molecule has 0 aromatic heterocycles. The fourth-order valence-corrected chi connectivity index (χ4v) is 1.14. The van der Waals surface area contributed by atoms with Crippen molar-refractivity contribution in [1.29, 1.82) is 0 Å². The highest BCUT2D eigenvalue weighted by Crippen LogP contribution is 2.20. The van der Waals surface area contributed by atoms with Crippen LogP contribution in [-0.2, 0) is 14.3 Å². The first-order valence-corrected chi connectivity index (χ1v) is 4.02. The van der Waals surface area contributed by atoms with E-state index in [1.54, 1.807) is 13.8 Å². The molecule has 1 heterocycles. The van der Waals surface area contributed by atoms with Crippen molar-refractivity contribution in [3.8, 4) is 0 Å². The highest BCUT2D eigenvalue weighted by Gasteiger charge is 2.36. The topological polar surface area (TPSA) is 43.4 Å². The van der Waals surface area contributed by atoms with Crippen molar-refractivity contribution in [2.75, 3.05) is 0 Å². The molecule has 0 aliphatic carbocycles. The summed E-state index contributed by atoms with van der Waals surface area (Å²) in [5.74, 6) is -0.647. The first kappa shape index (κ1) is 8.97. The van der Waals surface area contributed by atoms with Crippen LogP contribution < -0.4 is 0 Å². The number of hydrogen-bond acceptors (Lipinski definition) is 3. The highest BCUT2D eigenvalue weighted by atomic mass is 16.6. The third kappa shape index (κ3) is 1.26. The predicted molar refractivity (Wildman–Crippen MR) is 43.6 cm³/mol. The molecule has 0 bridgehead atoms. The van der Waals surface area contributed by atoms with E-state index in [1.807, 2.05) is 6.92 Å². The molecule has 1 rings (SSSR count). The largest absolute Gasteiger partial charge is 0.451 e. The third-order valence-corrected chi connectivity index (χ3v) is 2.06. The zero-order valence-corrected chi connectivity index (χ0v) is 7.51. The van der Waals surface area contributed by atoms with Crippen molar-refractivity contribution in [2.24, 2.45) is 0 Å². The maximum absolute atomic E-state index is 11.3. The van der Waals surface area contributed by atoms with E-state index in [1.165, 1.54) is 0 Å². The second-order valence-corrected chi connectivity index (χ2v) is 2.92. The van der Waals surface area contributed by atoms with Gasteiger partial charge in [0.2, 0.25) is 5.78 Å². The number of cyclic esters (lactones) is 1. The zero-order valence-electron chi connectivity index (χ0n) is 7.51. The number of allylic oxidation sites excluding steroid dienone is 1. The smallest absolute Gasteiger partial charge is 0.342 e. The Morgan fingerprint density at radius 1 is 1.50 bits per heavy atom. The van der Waals surface area contributed by atoms with Gasteiger partial charge in [-0.1, -0.05) is 12.5 Å². The van der Waals surface area contributed by atoms with Gasteiger partial charge in [-0.3, -0.25) is 4.79 Å². The number of carbonyl (C=O) groups excluding carboxylic acids is 2. The minimum absolute atomic E-state index is 0.181. The van der Waals surface area contributed by atoms with Gasteiger partial charge in [-0.05, 0) is 20.3 Å². The summed E-state index contributed by atoms with van der Waals surface area (Å²) in [6.07, 6.45) is 0.122. The summed E-state index contributed by atoms with van der Waals surface area (Å²) in [6.45, 7) is 5.29. The molecule has 1 aliphatic rings. The number of ketones is 1. The lowest BCUT2D eigenvalue weighted by Gasteiger charge is -1.95. The normalized spacial score (nSPS) is 27.4. The molecule has 1 atom stereocenters. The van der Waals surface area contributed by atoms with E-state index in [0.717, 1.165) is 5.57 Å². The number of rotatable bonds is 1. The molecule has 1 saturated heterocycles. The van der Waals surface area contributed by atoms with E-state index in [9.17, 15) is 9.59 Å². The Kier molecular flexibility index (Phi) is 2.31. The fraction of sp³-hybridized carbons (Fsp3) is 0.556. The maximum atomic E-state index is 11.3. The number of hydrogen-bond donors (Lipinski definition) is 0. The Labute approximate surface area is 71.4 Å². The van der Waals surface area contributed by atoms with E-state index in [0.29, 0.717) is 6.42 Å². The molecular weight excluding hydrogens is 156 g/mol.